The fraction of sp³-hybridized carbons (Fsp3) is 0.0526. The molecule has 0 unspecified atom stereocenters. The predicted octanol–water partition coefficient (Wildman–Crippen LogP) is 4.22. The third-order valence-electron chi connectivity index (χ3n) is 4.15. The maximum absolute atomic E-state index is 13.1. The van der Waals surface area contributed by atoms with Crippen molar-refractivity contribution in [3.05, 3.63) is 78.8 Å². The average Bonchev–Trinajstić information content (AvgIpc) is 3.12. The number of aromatic nitrogens is 3. The van der Waals surface area contributed by atoms with E-state index < -0.39 is 26.7 Å². The molecule has 0 aliphatic carbocycles. The second-order valence-electron chi connectivity index (χ2n) is 6.13. The molecule has 0 spiro atoms. The fourth-order valence-corrected chi connectivity index (χ4v) is 4.11. The van der Waals surface area contributed by atoms with Crippen molar-refractivity contribution in [3.63, 3.8) is 0 Å². The zero-order chi connectivity index (χ0) is 20.6. The van der Waals surface area contributed by atoms with Gasteiger partial charge in [0.15, 0.2) is 0 Å². The van der Waals surface area contributed by atoms with Crippen molar-refractivity contribution in [2.24, 2.45) is 0 Å². The molecule has 0 atom stereocenters. The number of halogens is 3. The highest BCUT2D eigenvalue weighted by molar-refractivity contribution is 7.92. The molecule has 148 valence electrons. The van der Waals surface area contributed by atoms with Crippen molar-refractivity contribution in [2.75, 3.05) is 4.72 Å². The van der Waals surface area contributed by atoms with Gasteiger partial charge in [0, 0.05) is 29.8 Å². The molecule has 0 aliphatic rings. The first-order valence-electron chi connectivity index (χ1n) is 8.33. The average molecular weight is 418 g/mol. The molecule has 1 N–H and O–H groups in total. The van der Waals surface area contributed by atoms with Gasteiger partial charge in [0.1, 0.15) is 0 Å². The Morgan fingerprint density at radius 1 is 0.966 bits per heavy atom. The summed E-state index contributed by atoms with van der Waals surface area (Å²) >= 11 is 0. The molecule has 0 fully saturated rings. The monoisotopic (exact) mass is 418 g/mol. The van der Waals surface area contributed by atoms with E-state index in [1.54, 1.807) is 41.2 Å². The highest BCUT2D eigenvalue weighted by Crippen LogP contribution is 2.34. The molecular weight excluding hydrogens is 405 g/mol. The van der Waals surface area contributed by atoms with Crippen LogP contribution < -0.4 is 4.72 Å². The number of anilines is 1. The number of fused-ring (bicyclic) bond motifs is 1. The van der Waals surface area contributed by atoms with Gasteiger partial charge in [0.05, 0.1) is 16.2 Å². The van der Waals surface area contributed by atoms with Crippen LogP contribution in [0.15, 0.2) is 78.1 Å². The van der Waals surface area contributed by atoms with Crippen molar-refractivity contribution < 1.29 is 21.6 Å². The lowest BCUT2D eigenvalue weighted by atomic mass is 10.1. The molecule has 4 aromatic rings. The number of nitrogens with zero attached hydrogens (tertiary/aromatic N) is 3. The lowest BCUT2D eigenvalue weighted by Crippen LogP contribution is -2.18. The second kappa shape index (κ2) is 6.89. The molecule has 4 rings (SSSR count). The normalized spacial score (nSPS) is 12.2. The van der Waals surface area contributed by atoms with E-state index in [9.17, 15) is 21.6 Å². The van der Waals surface area contributed by atoms with Gasteiger partial charge in [-0.25, -0.2) is 18.4 Å². The molecule has 29 heavy (non-hydrogen) atoms. The number of nitrogens with one attached hydrogen (secondary N) is 1. The van der Waals surface area contributed by atoms with E-state index in [2.05, 4.69) is 14.7 Å². The minimum absolute atomic E-state index is 0.132. The molecule has 2 aromatic carbocycles. The van der Waals surface area contributed by atoms with E-state index in [0.29, 0.717) is 17.0 Å². The van der Waals surface area contributed by atoms with Gasteiger partial charge in [-0.2, -0.15) is 13.2 Å². The lowest BCUT2D eigenvalue weighted by Gasteiger charge is -2.14. The standard InChI is InChI=1S/C19H13F3N4O2S/c20-19(21,22)15-4-1-2-5-17(15)29(27,28)25-14-8-6-13(7-9-14)16-12-26-11-3-10-23-18(26)24-16/h1-12,25H. The van der Waals surface area contributed by atoms with Crippen molar-refractivity contribution in [1.82, 2.24) is 14.4 Å². The van der Waals surface area contributed by atoms with Crippen LogP contribution in [-0.2, 0) is 16.2 Å². The molecule has 10 heteroatoms. The summed E-state index contributed by atoms with van der Waals surface area (Å²) < 4.78 is 68.4. The molecule has 0 aliphatic heterocycles. The first-order chi connectivity index (χ1) is 13.7. The smallest absolute Gasteiger partial charge is 0.291 e. The van der Waals surface area contributed by atoms with E-state index in [1.807, 2.05) is 0 Å². The van der Waals surface area contributed by atoms with Gasteiger partial charge < -0.3 is 0 Å². The summed E-state index contributed by atoms with van der Waals surface area (Å²) in [5.74, 6) is 0.510. The molecule has 6 nitrogen and oxygen atoms in total. The van der Waals surface area contributed by atoms with Gasteiger partial charge in [-0.1, -0.05) is 24.3 Å². The minimum atomic E-state index is -4.79. The van der Waals surface area contributed by atoms with Crippen LogP contribution in [0.5, 0.6) is 0 Å². The van der Waals surface area contributed by atoms with Crippen LogP contribution in [-0.4, -0.2) is 22.8 Å². The summed E-state index contributed by atoms with van der Waals surface area (Å²) in [4.78, 5) is 7.65. The van der Waals surface area contributed by atoms with Crippen LogP contribution >= 0.6 is 0 Å². The van der Waals surface area contributed by atoms with Gasteiger partial charge >= 0.3 is 6.18 Å². The van der Waals surface area contributed by atoms with Gasteiger partial charge in [-0.3, -0.25) is 9.12 Å². The maximum atomic E-state index is 13.1. The molecule has 0 saturated heterocycles. The highest BCUT2D eigenvalue weighted by atomic mass is 32.2. The molecule has 0 bridgehead atoms. The summed E-state index contributed by atoms with van der Waals surface area (Å²) in [6.07, 6.45) is 0.385. The van der Waals surface area contributed by atoms with Crippen molar-refractivity contribution in [1.29, 1.82) is 0 Å². The van der Waals surface area contributed by atoms with E-state index in [1.165, 1.54) is 18.2 Å². The van der Waals surface area contributed by atoms with E-state index in [0.717, 1.165) is 18.2 Å². The van der Waals surface area contributed by atoms with Crippen molar-refractivity contribution >= 4 is 21.5 Å². The van der Waals surface area contributed by atoms with E-state index in [-0.39, 0.29) is 5.69 Å². The topological polar surface area (TPSA) is 76.4 Å². The third kappa shape index (κ3) is 3.79. The predicted molar refractivity (Wildman–Crippen MR) is 101 cm³/mol. The molecule has 2 heterocycles. The van der Waals surface area contributed by atoms with Crippen molar-refractivity contribution in [3.8, 4) is 11.3 Å². The quantitative estimate of drug-likeness (QED) is 0.539. The van der Waals surface area contributed by atoms with Crippen LogP contribution in [0.2, 0.25) is 0 Å². The van der Waals surface area contributed by atoms with Gasteiger partial charge in [0.2, 0.25) is 5.78 Å². The first kappa shape index (κ1) is 18.9. The number of sulfonamides is 1. The first-order valence-corrected chi connectivity index (χ1v) is 9.81. The summed E-state index contributed by atoms with van der Waals surface area (Å²) in [5, 5.41) is 0. The number of benzene rings is 2. The fourth-order valence-electron chi connectivity index (χ4n) is 2.82. The van der Waals surface area contributed by atoms with E-state index >= 15 is 0 Å². The summed E-state index contributed by atoms with van der Waals surface area (Å²) in [6.45, 7) is 0. The summed E-state index contributed by atoms with van der Waals surface area (Å²) in [6, 6.07) is 11.9. The Morgan fingerprint density at radius 2 is 1.69 bits per heavy atom. The molecule has 0 radical (unpaired) electrons. The van der Waals surface area contributed by atoms with Gasteiger partial charge in [0.25, 0.3) is 10.0 Å². The van der Waals surface area contributed by atoms with Crippen LogP contribution in [0.25, 0.3) is 17.0 Å². The van der Waals surface area contributed by atoms with Crippen LogP contribution in [0.3, 0.4) is 0 Å². The molecule has 2 aromatic heterocycles. The SMILES string of the molecule is O=S(=O)(Nc1ccc(-c2cn3cccnc3n2)cc1)c1ccccc1C(F)(F)F. The number of hydrogen-bond acceptors (Lipinski definition) is 4. The third-order valence-corrected chi connectivity index (χ3v) is 5.59. The van der Waals surface area contributed by atoms with Crippen LogP contribution in [0, 0.1) is 0 Å². The zero-order valence-electron chi connectivity index (χ0n) is 14.6. The summed E-state index contributed by atoms with van der Waals surface area (Å²) in [5.41, 5.74) is 0.239. The van der Waals surface area contributed by atoms with E-state index in [4.69, 9.17) is 0 Å². The Kier molecular flexibility index (Phi) is 4.50. The Labute approximate surface area is 163 Å². The Bertz CT molecular complexity index is 1250. The zero-order valence-corrected chi connectivity index (χ0v) is 15.4. The minimum Gasteiger partial charge on any atom is -0.291 e. The second-order valence-corrected chi connectivity index (χ2v) is 7.78. The Hall–Kier alpha value is -3.40. The molecule has 0 amide bonds. The largest absolute Gasteiger partial charge is 0.417 e. The van der Waals surface area contributed by atoms with Crippen LogP contribution in [0.1, 0.15) is 5.56 Å². The lowest BCUT2D eigenvalue weighted by molar-refractivity contribution is -0.139. The number of imidazole rings is 1. The van der Waals surface area contributed by atoms with Gasteiger partial charge in [-0.15, -0.1) is 0 Å². The summed E-state index contributed by atoms with van der Waals surface area (Å²) in [7, 11) is -4.42. The maximum Gasteiger partial charge on any atom is 0.417 e. The Balaban J connectivity index is 1.62. The highest BCUT2D eigenvalue weighted by Gasteiger charge is 2.36. The number of hydrogen-bond donors (Lipinski definition) is 1. The molecule has 0 saturated carbocycles. The Morgan fingerprint density at radius 3 is 2.38 bits per heavy atom. The number of alkyl halides is 3. The molecular formula is C19H13F3N4O2S. The van der Waals surface area contributed by atoms with Crippen LogP contribution in [0.4, 0.5) is 18.9 Å². The van der Waals surface area contributed by atoms with Gasteiger partial charge in [-0.05, 0) is 30.3 Å². The van der Waals surface area contributed by atoms with Crippen molar-refractivity contribution in [2.45, 2.75) is 11.1 Å². The number of rotatable bonds is 4.